The highest BCUT2D eigenvalue weighted by Gasteiger charge is 2.35. The number of hydrogen-bond donors (Lipinski definition) is 0. The van der Waals surface area contributed by atoms with Gasteiger partial charge in [0.2, 0.25) is 0 Å². The van der Waals surface area contributed by atoms with Gasteiger partial charge in [-0.2, -0.15) is 0 Å². The number of nitrogens with zero attached hydrogens (tertiary/aromatic N) is 2. The molecule has 8 aromatic carbocycles. The van der Waals surface area contributed by atoms with Gasteiger partial charge in [-0.25, -0.2) is 0 Å². The minimum Gasteiger partial charge on any atom is -0.310 e. The van der Waals surface area contributed by atoms with E-state index in [4.69, 9.17) is 0 Å². The number of hydrogen-bond acceptors (Lipinski definition) is 2. The summed E-state index contributed by atoms with van der Waals surface area (Å²) in [6.45, 7) is 4.72. The Hall–Kier alpha value is -6.42. The van der Waals surface area contributed by atoms with Gasteiger partial charge >= 0.3 is 0 Å². The second-order valence-corrected chi connectivity index (χ2v) is 16.1. The van der Waals surface area contributed by atoms with E-state index in [0.29, 0.717) is 0 Å². The maximum absolute atomic E-state index is 2.43. The summed E-state index contributed by atoms with van der Waals surface area (Å²) in [5.41, 5.74) is 14.8. The molecular weight excluding hydrogens is 673 g/mol. The maximum Gasteiger partial charge on any atom is 0.0541 e. The Labute approximate surface area is 318 Å². The van der Waals surface area contributed by atoms with E-state index in [0.717, 1.165) is 22.7 Å². The first kappa shape index (κ1) is 31.1. The van der Waals surface area contributed by atoms with Crippen molar-refractivity contribution < 1.29 is 0 Å². The summed E-state index contributed by atoms with van der Waals surface area (Å²) >= 11 is 1.87. The maximum atomic E-state index is 2.43. The van der Waals surface area contributed by atoms with Crippen LogP contribution in [0.25, 0.3) is 69.9 Å². The van der Waals surface area contributed by atoms with Crippen molar-refractivity contribution in [2.24, 2.45) is 0 Å². The fraction of sp³-hybridized carbons (Fsp3) is 0.0588. The Kier molecular flexibility index (Phi) is 6.80. The molecule has 54 heavy (non-hydrogen) atoms. The zero-order valence-corrected chi connectivity index (χ0v) is 30.9. The molecule has 2 heterocycles. The van der Waals surface area contributed by atoms with Gasteiger partial charge in [0.1, 0.15) is 0 Å². The minimum absolute atomic E-state index is 0.0890. The molecule has 0 radical (unpaired) electrons. The lowest BCUT2D eigenvalue weighted by Crippen LogP contribution is -2.16. The third-order valence-electron chi connectivity index (χ3n) is 11.6. The third kappa shape index (κ3) is 4.65. The SMILES string of the molecule is CC1(C)c2ccccc2-c2ccc(N(c3ccc(-c4cccc(-n5c6ccccc6c6ccccc65)c4)cc3)c3ccc4c(c3)sc3ccccc34)cc21. The highest BCUT2D eigenvalue weighted by molar-refractivity contribution is 7.25. The van der Waals surface area contributed by atoms with Crippen LogP contribution in [0.5, 0.6) is 0 Å². The zero-order chi connectivity index (χ0) is 36.0. The van der Waals surface area contributed by atoms with Gasteiger partial charge in [0.05, 0.1) is 11.0 Å². The van der Waals surface area contributed by atoms with Crippen molar-refractivity contribution in [1.82, 2.24) is 4.57 Å². The Balaban J connectivity index is 1.03. The molecule has 0 amide bonds. The highest BCUT2D eigenvalue weighted by atomic mass is 32.1. The van der Waals surface area contributed by atoms with Crippen molar-refractivity contribution in [2.45, 2.75) is 19.3 Å². The first-order valence-corrected chi connectivity index (χ1v) is 19.5. The fourth-order valence-electron chi connectivity index (χ4n) is 8.96. The van der Waals surface area contributed by atoms with Crippen LogP contribution in [0, 0.1) is 0 Å². The van der Waals surface area contributed by atoms with Crippen molar-refractivity contribution in [1.29, 1.82) is 0 Å². The second-order valence-electron chi connectivity index (χ2n) is 15.0. The number of rotatable bonds is 5. The largest absolute Gasteiger partial charge is 0.310 e. The molecule has 0 saturated carbocycles. The molecule has 10 aromatic rings. The summed E-state index contributed by atoms with van der Waals surface area (Å²) in [5.74, 6) is 0. The molecule has 11 rings (SSSR count). The van der Waals surface area contributed by atoms with Crippen molar-refractivity contribution >= 4 is 70.4 Å². The van der Waals surface area contributed by atoms with Crippen LogP contribution in [0.4, 0.5) is 17.1 Å². The Morgan fingerprint density at radius 2 is 1.04 bits per heavy atom. The molecule has 0 bridgehead atoms. The Bertz CT molecular complexity index is 3030. The van der Waals surface area contributed by atoms with E-state index in [1.165, 1.54) is 75.4 Å². The van der Waals surface area contributed by atoms with Gasteiger partial charge in [-0.1, -0.05) is 129 Å². The lowest BCUT2D eigenvalue weighted by Gasteiger charge is -2.28. The number of aromatic nitrogens is 1. The van der Waals surface area contributed by atoms with E-state index in [1.807, 2.05) is 11.3 Å². The lowest BCUT2D eigenvalue weighted by atomic mass is 9.82. The van der Waals surface area contributed by atoms with Gasteiger partial charge in [0.15, 0.2) is 0 Å². The standard InChI is InChI=1S/C51H36N2S/c1-51(2)45-18-7-3-14-39(45)40-28-26-37(31-46(40)51)52(38-27-29-44-43-17-6-10-21-49(43)54-50(44)32-38)35-24-22-33(23-25-35)34-12-11-13-36(30-34)53-47-19-8-4-15-41(47)42-16-5-9-20-48(42)53/h3-32H,1-2H3. The third-order valence-corrected chi connectivity index (χ3v) is 12.7. The van der Waals surface area contributed by atoms with Gasteiger partial charge in [-0.3, -0.25) is 0 Å². The molecule has 0 fully saturated rings. The van der Waals surface area contributed by atoms with Gasteiger partial charge in [-0.15, -0.1) is 11.3 Å². The molecular formula is C51H36N2S. The molecule has 0 atom stereocenters. The first-order chi connectivity index (χ1) is 26.5. The first-order valence-electron chi connectivity index (χ1n) is 18.7. The molecule has 0 unspecified atom stereocenters. The highest BCUT2D eigenvalue weighted by Crippen LogP contribution is 2.51. The van der Waals surface area contributed by atoms with Crippen molar-refractivity contribution in [3.63, 3.8) is 0 Å². The van der Waals surface area contributed by atoms with Crippen LogP contribution in [0.2, 0.25) is 0 Å². The molecule has 0 N–H and O–H groups in total. The molecule has 1 aliphatic carbocycles. The van der Waals surface area contributed by atoms with Crippen LogP contribution in [0.1, 0.15) is 25.0 Å². The van der Waals surface area contributed by atoms with Crippen LogP contribution >= 0.6 is 11.3 Å². The summed E-state index contributed by atoms with van der Waals surface area (Å²) in [6, 6.07) is 67.1. The summed E-state index contributed by atoms with van der Waals surface area (Å²) in [4.78, 5) is 2.43. The fourth-order valence-corrected chi connectivity index (χ4v) is 10.1. The molecule has 0 spiro atoms. The van der Waals surface area contributed by atoms with Crippen molar-refractivity contribution in [3.8, 4) is 27.9 Å². The molecule has 256 valence electrons. The monoisotopic (exact) mass is 708 g/mol. The summed E-state index contributed by atoms with van der Waals surface area (Å²) in [5, 5.41) is 5.18. The molecule has 0 aliphatic heterocycles. The summed E-state index contributed by atoms with van der Waals surface area (Å²) in [7, 11) is 0. The zero-order valence-electron chi connectivity index (χ0n) is 30.1. The second kappa shape index (κ2) is 11.8. The van der Waals surface area contributed by atoms with Gasteiger partial charge in [0.25, 0.3) is 0 Å². The Morgan fingerprint density at radius 3 is 1.83 bits per heavy atom. The van der Waals surface area contributed by atoms with E-state index in [9.17, 15) is 0 Å². The molecule has 2 nitrogen and oxygen atoms in total. The van der Waals surface area contributed by atoms with E-state index in [2.05, 4.69) is 205 Å². The number of fused-ring (bicyclic) bond motifs is 9. The molecule has 0 saturated heterocycles. The van der Waals surface area contributed by atoms with Crippen LogP contribution in [0.15, 0.2) is 182 Å². The predicted molar refractivity (Wildman–Crippen MR) is 231 cm³/mol. The van der Waals surface area contributed by atoms with Crippen LogP contribution < -0.4 is 4.90 Å². The topological polar surface area (TPSA) is 8.17 Å². The number of para-hydroxylation sites is 2. The number of benzene rings is 8. The number of thiophene rings is 1. The van der Waals surface area contributed by atoms with Crippen molar-refractivity contribution in [2.75, 3.05) is 4.90 Å². The summed E-state index contributed by atoms with van der Waals surface area (Å²) in [6.07, 6.45) is 0. The average molecular weight is 709 g/mol. The molecule has 2 aromatic heterocycles. The normalized spacial score (nSPS) is 13.1. The van der Waals surface area contributed by atoms with Crippen LogP contribution in [-0.4, -0.2) is 4.57 Å². The molecule has 1 aliphatic rings. The van der Waals surface area contributed by atoms with Crippen LogP contribution in [0.3, 0.4) is 0 Å². The van der Waals surface area contributed by atoms with E-state index in [-0.39, 0.29) is 5.41 Å². The van der Waals surface area contributed by atoms with Gasteiger partial charge in [0, 0.05) is 59.1 Å². The van der Waals surface area contributed by atoms with E-state index >= 15 is 0 Å². The van der Waals surface area contributed by atoms with Gasteiger partial charge in [-0.05, 0) is 100 Å². The molecule has 3 heteroatoms. The minimum atomic E-state index is -0.0890. The quantitative estimate of drug-likeness (QED) is 0.173. The number of anilines is 3. The van der Waals surface area contributed by atoms with Crippen LogP contribution in [-0.2, 0) is 5.41 Å². The lowest BCUT2D eigenvalue weighted by molar-refractivity contribution is 0.660. The van der Waals surface area contributed by atoms with E-state index < -0.39 is 0 Å². The Morgan fingerprint density at radius 1 is 0.426 bits per heavy atom. The smallest absolute Gasteiger partial charge is 0.0541 e. The van der Waals surface area contributed by atoms with Gasteiger partial charge < -0.3 is 9.47 Å². The van der Waals surface area contributed by atoms with Crippen molar-refractivity contribution in [3.05, 3.63) is 193 Å². The summed E-state index contributed by atoms with van der Waals surface area (Å²) < 4.78 is 5.01. The van der Waals surface area contributed by atoms with E-state index in [1.54, 1.807) is 0 Å². The predicted octanol–water partition coefficient (Wildman–Crippen LogP) is 14.6. The average Bonchev–Trinajstić information content (AvgIpc) is 3.84.